The number of hydrogen-bond acceptors (Lipinski definition) is 2. The lowest BCUT2D eigenvalue weighted by Crippen LogP contribution is -2.22. The van der Waals surface area contributed by atoms with Gasteiger partial charge in [-0.3, -0.25) is 4.79 Å². The Kier molecular flexibility index (Phi) is 4.86. The first-order chi connectivity index (χ1) is 10.3. The first-order valence-corrected chi connectivity index (χ1v) is 7.44. The van der Waals surface area contributed by atoms with E-state index >= 15 is 0 Å². The SMILES string of the molecule is CC(C)(C)Oc1cccc(-c2ccc(CCC(=O)O)cc2)c1. The van der Waals surface area contributed by atoms with Gasteiger partial charge < -0.3 is 9.84 Å². The van der Waals surface area contributed by atoms with Gasteiger partial charge >= 0.3 is 5.97 Å². The van der Waals surface area contributed by atoms with Crippen LogP contribution in [0, 0.1) is 0 Å². The average Bonchev–Trinajstić information content (AvgIpc) is 2.44. The van der Waals surface area contributed by atoms with E-state index in [1.165, 1.54) is 0 Å². The summed E-state index contributed by atoms with van der Waals surface area (Å²) in [5, 5.41) is 8.72. The number of hydrogen-bond donors (Lipinski definition) is 1. The Bertz CT molecular complexity index is 636. The summed E-state index contributed by atoms with van der Waals surface area (Å²) in [5.41, 5.74) is 3.00. The quantitative estimate of drug-likeness (QED) is 0.881. The number of aliphatic carboxylic acids is 1. The second-order valence-electron chi connectivity index (χ2n) is 6.33. The highest BCUT2D eigenvalue weighted by Gasteiger charge is 2.12. The second kappa shape index (κ2) is 6.65. The lowest BCUT2D eigenvalue weighted by molar-refractivity contribution is -0.136. The molecule has 0 spiro atoms. The summed E-state index contributed by atoms with van der Waals surface area (Å²) in [6, 6.07) is 16.0. The predicted molar refractivity (Wildman–Crippen MR) is 88.2 cm³/mol. The van der Waals surface area contributed by atoms with Gasteiger partial charge in [0.15, 0.2) is 0 Å². The number of carboxylic acids is 1. The Balaban J connectivity index is 2.14. The molecule has 0 bridgehead atoms. The molecule has 0 aromatic heterocycles. The first kappa shape index (κ1) is 16.1. The van der Waals surface area contributed by atoms with Gasteiger partial charge in [0.1, 0.15) is 11.4 Å². The molecule has 0 atom stereocenters. The van der Waals surface area contributed by atoms with E-state index in [2.05, 4.69) is 0 Å². The smallest absolute Gasteiger partial charge is 0.303 e. The Morgan fingerprint density at radius 3 is 2.32 bits per heavy atom. The van der Waals surface area contributed by atoms with Gasteiger partial charge in [-0.25, -0.2) is 0 Å². The Labute approximate surface area is 131 Å². The molecule has 0 aliphatic rings. The van der Waals surface area contributed by atoms with Gasteiger partial charge in [-0.2, -0.15) is 0 Å². The molecular weight excluding hydrogens is 276 g/mol. The molecule has 22 heavy (non-hydrogen) atoms. The van der Waals surface area contributed by atoms with E-state index < -0.39 is 5.97 Å². The third kappa shape index (κ3) is 4.92. The van der Waals surface area contributed by atoms with Crippen molar-refractivity contribution in [2.75, 3.05) is 0 Å². The fourth-order valence-corrected chi connectivity index (χ4v) is 2.21. The molecule has 2 aromatic carbocycles. The van der Waals surface area contributed by atoms with Crippen molar-refractivity contribution in [2.24, 2.45) is 0 Å². The minimum Gasteiger partial charge on any atom is -0.488 e. The maximum Gasteiger partial charge on any atom is 0.303 e. The summed E-state index contributed by atoms with van der Waals surface area (Å²) in [7, 11) is 0. The molecule has 2 aromatic rings. The number of carbonyl (C=O) groups is 1. The van der Waals surface area contributed by atoms with Crippen LogP contribution in [0.25, 0.3) is 11.1 Å². The molecule has 1 N–H and O–H groups in total. The van der Waals surface area contributed by atoms with Crippen LogP contribution in [0.5, 0.6) is 5.75 Å². The largest absolute Gasteiger partial charge is 0.488 e. The highest BCUT2D eigenvalue weighted by molar-refractivity contribution is 5.68. The number of ether oxygens (including phenoxy) is 1. The number of rotatable bonds is 5. The van der Waals surface area contributed by atoms with Crippen molar-refractivity contribution in [3.8, 4) is 16.9 Å². The van der Waals surface area contributed by atoms with Crippen molar-refractivity contribution in [2.45, 2.75) is 39.2 Å². The van der Waals surface area contributed by atoms with Crippen molar-refractivity contribution in [1.29, 1.82) is 0 Å². The minimum atomic E-state index is -0.767. The Morgan fingerprint density at radius 1 is 1.05 bits per heavy atom. The summed E-state index contributed by atoms with van der Waals surface area (Å²) in [6.45, 7) is 6.07. The molecule has 0 saturated heterocycles. The molecule has 0 amide bonds. The molecule has 0 aliphatic carbocycles. The standard InChI is InChI=1S/C19H22O3/c1-19(2,3)22-17-6-4-5-16(13-17)15-10-7-14(8-11-15)9-12-18(20)21/h4-8,10-11,13H,9,12H2,1-3H3,(H,20,21). The Morgan fingerprint density at radius 2 is 1.73 bits per heavy atom. The van der Waals surface area contributed by atoms with Crippen LogP contribution in [0.1, 0.15) is 32.8 Å². The van der Waals surface area contributed by atoms with Crippen LogP contribution < -0.4 is 4.74 Å². The summed E-state index contributed by atoms with van der Waals surface area (Å²) >= 11 is 0. The first-order valence-electron chi connectivity index (χ1n) is 7.44. The molecule has 0 heterocycles. The zero-order valence-electron chi connectivity index (χ0n) is 13.3. The highest BCUT2D eigenvalue weighted by atomic mass is 16.5. The Hall–Kier alpha value is -2.29. The zero-order valence-corrected chi connectivity index (χ0v) is 13.3. The molecule has 0 aliphatic heterocycles. The van der Waals surface area contributed by atoms with Crippen molar-refractivity contribution in [1.82, 2.24) is 0 Å². The van der Waals surface area contributed by atoms with E-state index in [4.69, 9.17) is 9.84 Å². The van der Waals surface area contributed by atoms with Gasteiger partial charge in [-0.05, 0) is 56.0 Å². The number of benzene rings is 2. The normalized spacial score (nSPS) is 11.2. The summed E-state index contributed by atoms with van der Waals surface area (Å²) in [4.78, 5) is 10.6. The third-order valence-corrected chi connectivity index (χ3v) is 3.17. The molecule has 2 rings (SSSR count). The van der Waals surface area contributed by atoms with E-state index in [0.29, 0.717) is 6.42 Å². The fraction of sp³-hybridized carbons (Fsp3) is 0.316. The van der Waals surface area contributed by atoms with Crippen LogP contribution in [-0.4, -0.2) is 16.7 Å². The van der Waals surface area contributed by atoms with Crippen LogP contribution in [0.4, 0.5) is 0 Å². The molecule has 3 nitrogen and oxygen atoms in total. The summed E-state index contributed by atoms with van der Waals surface area (Å²) in [6.07, 6.45) is 0.719. The fourth-order valence-electron chi connectivity index (χ4n) is 2.21. The maximum atomic E-state index is 10.6. The van der Waals surface area contributed by atoms with Crippen molar-refractivity contribution < 1.29 is 14.6 Å². The van der Waals surface area contributed by atoms with E-state index in [0.717, 1.165) is 22.4 Å². The maximum absolute atomic E-state index is 10.6. The minimum absolute atomic E-state index is 0.161. The van der Waals surface area contributed by atoms with Gasteiger partial charge in [0.25, 0.3) is 0 Å². The second-order valence-corrected chi connectivity index (χ2v) is 6.33. The van der Waals surface area contributed by atoms with Gasteiger partial charge in [0.05, 0.1) is 0 Å². The van der Waals surface area contributed by atoms with Crippen LogP contribution in [0.15, 0.2) is 48.5 Å². The molecule has 3 heteroatoms. The molecule has 0 unspecified atom stereocenters. The molecule has 116 valence electrons. The average molecular weight is 298 g/mol. The highest BCUT2D eigenvalue weighted by Crippen LogP contribution is 2.26. The number of aryl methyl sites for hydroxylation is 1. The van der Waals surface area contributed by atoms with Crippen LogP contribution in [-0.2, 0) is 11.2 Å². The van der Waals surface area contributed by atoms with Crippen LogP contribution >= 0.6 is 0 Å². The van der Waals surface area contributed by atoms with Crippen LogP contribution in [0.3, 0.4) is 0 Å². The van der Waals surface area contributed by atoms with Gasteiger partial charge in [0, 0.05) is 6.42 Å². The zero-order chi connectivity index (χ0) is 16.2. The molecular formula is C19H22O3. The summed E-state index contributed by atoms with van der Waals surface area (Å²) in [5.74, 6) is 0.0797. The monoisotopic (exact) mass is 298 g/mol. The van der Waals surface area contributed by atoms with Crippen molar-refractivity contribution in [3.63, 3.8) is 0 Å². The third-order valence-electron chi connectivity index (χ3n) is 3.17. The van der Waals surface area contributed by atoms with Gasteiger partial charge in [-0.15, -0.1) is 0 Å². The predicted octanol–water partition coefficient (Wildman–Crippen LogP) is 4.55. The van der Waals surface area contributed by atoms with E-state index in [1.54, 1.807) is 0 Å². The van der Waals surface area contributed by atoms with Gasteiger partial charge in [-0.1, -0.05) is 36.4 Å². The van der Waals surface area contributed by atoms with Gasteiger partial charge in [0.2, 0.25) is 0 Å². The lowest BCUT2D eigenvalue weighted by atomic mass is 10.0. The van der Waals surface area contributed by atoms with Crippen molar-refractivity contribution in [3.05, 3.63) is 54.1 Å². The number of carboxylic acid groups (broad SMARTS) is 1. The van der Waals surface area contributed by atoms with Crippen LogP contribution in [0.2, 0.25) is 0 Å². The molecule has 0 radical (unpaired) electrons. The topological polar surface area (TPSA) is 46.5 Å². The molecule has 0 saturated carbocycles. The van der Waals surface area contributed by atoms with E-state index in [1.807, 2.05) is 69.3 Å². The lowest BCUT2D eigenvalue weighted by Gasteiger charge is -2.21. The summed E-state index contributed by atoms with van der Waals surface area (Å²) < 4.78 is 5.89. The van der Waals surface area contributed by atoms with Crippen molar-refractivity contribution >= 4 is 5.97 Å². The van der Waals surface area contributed by atoms with E-state index in [-0.39, 0.29) is 12.0 Å². The van der Waals surface area contributed by atoms with E-state index in [9.17, 15) is 4.79 Å². The molecule has 0 fully saturated rings.